The Balaban J connectivity index is 1.85. The van der Waals surface area contributed by atoms with E-state index in [1.807, 2.05) is 0 Å². The van der Waals surface area contributed by atoms with Gasteiger partial charge in [-0.1, -0.05) is 6.04 Å². The number of hydrogen-bond donors (Lipinski definition) is 1. The van der Waals surface area contributed by atoms with Crippen molar-refractivity contribution in [3.8, 4) is 0 Å². The maximum atomic E-state index is 10.3. The number of rotatable bonds is 7. The predicted octanol–water partition coefficient (Wildman–Crippen LogP) is 1.31. The lowest BCUT2D eigenvalue weighted by Gasteiger charge is -2.21. The molecule has 1 aliphatic rings. The average molecular weight is 248 g/mol. The molecular weight excluding hydrogens is 228 g/mol. The van der Waals surface area contributed by atoms with E-state index in [1.54, 1.807) is 11.8 Å². The number of carbonyl (C=O) groups is 1. The first-order chi connectivity index (χ1) is 7.29. The molecule has 5 heteroatoms. The van der Waals surface area contributed by atoms with Gasteiger partial charge in [0, 0.05) is 18.1 Å². The Bertz CT molecular complexity index is 184. The normalized spacial score (nSPS) is 22.3. The third-order valence-corrected chi connectivity index (χ3v) is 6.18. The van der Waals surface area contributed by atoms with E-state index < -0.39 is 5.97 Å². The van der Waals surface area contributed by atoms with Gasteiger partial charge in [0.2, 0.25) is 0 Å². The van der Waals surface area contributed by atoms with Crippen molar-refractivity contribution in [1.29, 1.82) is 0 Å². The number of aliphatic carboxylic acids is 1. The molecule has 1 atom stereocenters. The van der Waals surface area contributed by atoms with Gasteiger partial charge in [0.25, 0.3) is 0 Å². The summed E-state index contributed by atoms with van der Waals surface area (Å²) in [6.45, 7) is 0.962. The highest BCUT2D eigenvalue weighted by Crippen LogP contribution is 2.13. The molecule has 88 valence electrons. The minimum absolute atomic E-state index is 0.0723. The second kappa shape index (κ2) is 8.18. The van der Waals surface area contributed by atoms with Crippen LogP contribution in [0.1, 0.15) is 25.7 Å². The van der Waals surface area contributed by atoms with Gasteiger partial charge < -0.3 is 9.84 Å². The molecule has 0 amide bonds. The fraction of sp³-hybridized carbons (Fsp3) is 0.900. The second-order valence-electron chi connectivity index (χ2n) is 3.89. The molecule has 1 unspecified atom stereocenters. The van der Waals surface area contributed by atoms with E-state index in [-0.39, 0.29) is 9.52 Å². The van der Waals surface area contributed by atoms with Crippen molar-refractivity contribution in [3.05, 3.63) is 0 Å². The van der Waals surface area contributed by atoms with Crippen LogP contribution in [-0.2, 0) is 9.53 Å². The van der Waals surface area contributed by atoms with Crippen molar-refractivity contribution in [2.45, 2.75) is 37.5 Å². The van der Waals surface area contributed by atoms with Crippen molar-refractivity contribution in [1.82, 2.24) is 0 Å². The molecule has 0 saturated carbocycles. The number of ether oxygens (including phenoxy) is 1. The van der Waals surface area contributed by atoms with Crippen LogP contribution in [0, 0.1) is 0 Å². The first-order valence-corrected chi connectivity index (χ1v) is 8.67. The quantitative estimate of drug-likeness (QED) is 0.545. The molecule has 1 aliphatic heterocycles. The van der Waals surface area contributed by atoms with Crippen LogP contribution >= 0.6 is 11.8 Å². The number of carboxylic acid groups (broad SMARTS) is 1. The van der Waals surface area contributed by atoms with Crippen LogP contribution in [0.4, 0.5) is 0 Å². The summed E-state index contributed by atoms with van der Waals surface area (Å²) < 4.78 is 5.68. The van der Waals surface area contributed by atoms with E-state index in [0.29, 0.717) is 12.1 Å². The van der Waals surface area contributed by atoms with E-state index >= 15 is 0 Å². The van der Waals surface area contributed by atoms with Gasteiger partial charge in [-0.25, -0.2) is 0 Å². The minimum Gasteiger partial charge on any atom is -0.481 e. The monoisotopic (exact) mass is 248 g/mol. The average Bonchev–Trinajstić information content (AvgIpc) is 2.24. The summed E-state index contributed by atoms with van der Waals surface area (Å²) in [4.78, 5) is 10.3. The van der Waals surface area contributed by atoms with Gasteiger partial charge in [-0.3, -0.25) is 4.79 Å². The largest absolute Gasteiger partial charge is 0.481 e. The summed E-state index contributed by atoms with van der Waals surface area (Å²) in [5, 5.41) is 8.45. The van der Waals surface area contributed by atoms with Crippen LogP contribution in [0.2, 0.25) is 6.04 Å². The number of thioether (sulfide) groups is 1. The lowest BCUT2D eigenvalue weighted by Crippen LogP contribution is -2.25. The van der Waals surface area contributed by atoms with E-state index in [1.165, 1.54) is 25.3 Å². The summed E-state index contributed by atoms with van der Waals surface area (Å²) in [5.41, 5.74) is 0.610. The Morgan fingerprint density at radius 2 is 2.33 bits per heavy atom. The second-order valence-corrected chi connectivity index (χ2v) is 7.31. The summed E-state index contributed by atoms with van der Waals surface area (Å²) in [6.07, 6.45) is 4.14. The third kappa shape index (κ3) is 6.97. The molecule has 1 fully saturated rings. The standard InChI is InChI=1S/C10H20O3SSi/c11-9(12)4-6-14-7-8-15-10-3-1-2-5-13-10/h10H,1-8,15H2,(H,11,12). The van der Waals surface area contributed by atoms with E-state index in [2.05, 4.69) is 0 Å². The van der Waals surface area contributed by atoms with Crippen molar-refractivity contribution >= 4 is 27.3 Å². The van der Waals surface area contributed by atoms with Gasteiger partial charge in [-0.2, -0.15) is 11.8 Å². The van der Waals surface area contributed by atoms with Gasteiger partial charge in [-0.15, -0.1) is 0 Å². The van der Waals surface area contributed by atoms with Crippen LogP contribution in [0.25, 0.3) is 0 Å². The van der Waals surface area contributed by atoms with Gasteiger partial charge in [0.15, 0.2) is 0 Å². The van der Waals surface area contributed by atoms with Crippen molar-refractivity contribution in [3.63, 3.8) is 0 Å². The molecule has 0 aliphatic carbocycles. The smallest absolute Gasteiger partial charge is 0.304 e. The molecular formula is C10H20O3SSi. The van der Waals surface area contributed by atoms with Crippen LogP contribution in [0.15, 0.2) is 0 Å². The van der Waals surface area contributed by atoms with Gasteiger partial charge >= 0.3 is 5.97 Å². The molecule has 0 aromatic carbocycles. The Hall–Kier alpha value is -0.00312. The highest BCUT2D eigenvalue weighted by atomic mass is 32.2. The molecule has 15 heavy (non-hydrogen) atoms. The predicted molar refractivity (Wildman–Crippen MR) is 66.5 cm³/mol. The highest BCUT2D eigenvalue weighted by molar-refractivity contribution is 7.99. The summed E-state index contributed by atoms with van der Waals surface area (Å²) >= 11 is 1.77. The fourth-order valence-corrected chi connectivity index (χ4v) is 5.08. The molecule has 0 spiro atoms. The molecule has 1 heterocycles. The lowest BCUT2D eigenvalue weighted by molar-refractivity contribution is -0.136. The van der Waals surface area contributed by atoms with Gasteiger partial charge in [0.1, 0.15) is 0 Å². The Kier molecular flexibility index (Phi) is 7.13. The van der Waals surface area contributed by atoms with Crippen molar-refractivity contribution in [2.75, 3.05) is 18.1 Å². The first kappa shape index (κ1) is 13.1. The summed E-state index contributed by atoms with van der Waals surface area (Å²) in [6, 6.07) is 1.29. The molecule has 0 radical (unpaired) electrons. The molecule has 1 N–H and O–H groups in total. The zero-order valence-corrected chi connectivity index (χ0v) is 11.3. The Morgan fingerprint density at radius 1 is 1.47 bits per heavy atom. The summed E-state index contributed by atoms with van der Waals surface area (Å²) in [5.74, 6) is 1.20. The maximum absolute atomic E-state index is 10.3. The van der Waals surface area contributed by atoms with E-state index in [9.17, 15) is 4.79 Å². The zero-order chi connectivity index (χ0) is 10.9. The highest BCUT2D eigenvalue weighted by Gasteiger charge is 2.13. The molecule has 1 rings (SSSR count). The van der Waals surface area contributed by atoms with Gasteiger partial charge in [0.05, 0.1) is 15.9 Å². The lowest BCUT2D eigenvalue weighted by atomic mass is 10.2. The zero-order valence-electron chi connectivity index (χ0n) is 9.11. The van der Waals surface area contributed by atoms with Crippen molar-refractivity contribution < 1.29 is 14.6 Å². The number of hydrogen-bond acceptors (Lipinski definition) is 3. The van der Waals surface area contributed by atoms with Crippen LogP contribution in [0.3, 0.4) is 0 Å². The van der Waals surface area contributed by atoms with Crippen LogP contribution in [-0.4, -0.2) is 44.4 Å². The third-order valence-electron chi connectivity index (χ3n) is 2.55. The van der Waals surface area contributed by atoms with E-state index in [4.69, 9.17) is 9.84 Å². The van der Waals surface area contributed by atoms with E-state index in [0.717, 1.165) is 18.1 Å². The fourth-order valence-electron chi connectivity index (χ4n) is 1.71. The topological polar surface area (TPSA) is 46.5 Å². The van der Waals surface area contributed by atoms with Crippen LogP contribution < -0.4 is 0 Å². The Labute approximate surface area is 97.8 Å². The van der Waals surface area contributed by atoms with Gasteiger partial charge in [-0.05, 0) is 25.0 Å². The first-order valence-electron chi connectivity index (χ1n) is 5.70. The molecule has 0 bridgehead atoms. The minimum atomic E-state index is -0.685. The molecule has 0 aromatic rings. The van der Waals surface area contributed by atoms with Crippen molar-refractivity contribution in [2.24, 2.45) is 0 Å². The number of carboxylic acids is 1. The molecule has 3 nitrogen and oxygen atoms in total. The SMILES string of the molecule is O=C(O)CCSCC[SiH2]C1CCCCO1. The molecule has 1 saturated heterocycles. The Morgan fingerprint density at radius 3 is 3.00 bits per heavy atom. The molecule has 0 aromatic heterocycles. The maximum Gasteiger partial charge on any atom is 0.304 e. The summed E-state index contributed by atoms with van der Waals surface area (Å²) in [7, 11) is -0.0723. The van der Waals surface area contributed by atoms with Crippen LogP contribution in [0.5, 0.6) is 0 Å².